The fourth-order valence-corrected chi connectivity index (χ4v) is 2.29. The van der Waals surface area contributed by atoms with Crippen LogP contribution in [0.4, 0.5) is 0 Å². The Morgan fingerprint density at radius 1 is 1.00 bits per heavy atom. The quantitative estimate of drug-likeness (QED) is 0.640. The number of para-hydroxylation sites is 1. The first-order chi connectivity index (χ1) is 9.28. The molecule has 0 amide bonds. The molecule has 0 fully saturated rings. The maximum Gasteiger partial charge on any atom is 0.150 e. The molecule has 0 atom stereocenters. The first kappa shape index (κ1) is 11.6. The van der Waals surface area contributed by atoms with Crippen LogP contribution in [0.15, 0.2) is 54.6 Å². The maximum absolute atomic E-state index is 10.7. The van der Waals surface area contributed by atoms with Crippen LogP contribution in [0.2, 0.25) is 0 Å². The van der Waals surface area contributed by atoms with Crippen LogP contribution in [0.3, 0.4) is 0 Å². The molecule has 0 bridgehead atoms. The lowest BCUT2D eigenvalue weighted by atomic mass is 9.99. The van der Waals surface area contributed by atoms with Crippen LogP contribution >= 0.6 is 0 Å². The Hall–Kier alpha value is -2.48. The van der Waals surface area contributed by atoms with Crippen molar-refractivity contribution in [1.82, 2.24) is 4.98 Å². The first-order valence-electron chi connectivity index (χ1n) is 6.20. The second kappa shape index (κ2) is 4.65. The van der Waals surface area contributed by atoms with Crippen LogP contribution in [0.1, 0.15) is 16.1 Å². The largest absolute Gasteiger partial charge is 0.298 e. The van der Waals surface area contributed by atoms with Crippen LogP contribution in [0.25, 0.3) is 22.0 Å². The van der Waals surface area contributed by atoms with Crippen LogP contribution in [0, 0.1) is 6.92 Å². The van der Waals surface area contributed by atoms with E-state index in [0.717, 1.165) is 34.0 Å². The van der Waals surface area contributed by atoms with Crippen molar-refractivity contribution in [3.05, 3.63) is 65.9 Å². The monoisotopic (exact) mass is 247 g/mol. The molecule has 3 aromatic rings. The molecule has 2 heteroatoms. The minimum Gasteiger partial charge on any atom is -0.298 e. The zero-order chi connectivity index (χ0) is 13.2. The molecule has 0 aliphatic rings. The summed E-state index contributed by atoms with van der Waals surface area (Å²) in [5, 5.41) is 1.13. The summed E-state index contributed by atoms with van der Waals surface area (Å²) in [4.78, 5) is 15.3. The molecule has 1 aromatic heterocycles. The van der Waals surface area contributed by atoms with Crippen LogP contribution in [-0.4, -0.2) is 11.3 Å². The molecule has 0 saturated carbocycles. The molecule has 1 heterocycles. The molecule has 92 valence electrons. The third-order valence-electron chi connectivity index (χ3n) is 3.20. The Balaban J connectivity index is 2.25. The highest BCUT2D eigenvalue weighted by Crippen LogP contribution is 2.28. The van der Waals surface area contributed by atoms with Gasteiger partial charge in [0, 0.05) is 16.6 Å². The molecule has 3 rings (SSSR count). The summed E-state index contributed by atoms with van der Waals surface area (Å²) < 4.78 is 0. The standard InChI is InChI=1S/C17H13NO/c1-12-10-16(14-8-6-13(11-19)7-9-14)15-4-2-3-5-17(15)18-12/h2-11H,1H3. The average molecular weight is 247 g/mol. The third kappa shape index (κ3) is 2.13. The molecule has 0 aliphatic heterocycles. The fourth-order valence-electron chi connectivity index (χ4n) is 2.29. The molecule has 0 N–H and O–H groups in total. The van der Waals surface area contributed by atoms with Crippen molar-refractivity contribution >= 4 is 17.2 Å². The lowest BCUT2D eigenvalue weighted by molar-refractivity contribution is 0.112. The van der Waals surface area contributed by atoms with Gasteiger partial charge in [0.1, 0.15) is 6.29 Å². The van der Waals surface area contributed by atoms with E-state index in [9.17, 15) is 4.79 Å². The van der Waals surface area contributed by atoms with Crippen LogP contribution < -0.4 is 0 Å². The highest BCUT2D eigenvalue weighted by molar-refractivity contribution is 5.95. The Morgan fingerprint density at radius 3 is 2.47 bits per heavy atom. The summed E-state index contributed by atoms with van der Waals surface area (Å²) in [7, 11) is 0. The Bertz CT molecular complexity index is 745. The SMILES string of the molecule is Cc1cc(-c2ccc(C=O)cc2)c2ccccc2n1. The van der Waals surface area contributed by atoms with Crippen molar-refractivity contribution < 1.29 is 4.79 Å². The zero-order valence-corrected chi connectivity index (χ0v) is 10.6. The van der Waals surface area contributed by atoms with E-state index in [-0.39, 0.29) is 0 Å². The number of rotatable bonds is 2. The van der Waals surface area contributed by atoms with Gasteiger partial charge in [-0.1, -0.05) is 42.5 Å². The summed E-state index contributed by atoms with van der Waals surface area (Å²) in [5.74, 6) is 0. The number of hydrogen-bond acceptors (Lipinski definition) is 2. The summed E-state index contributed by atoms with van der Waals surface area (Å²) in [6, 6.07) is 17.8. The molecular formula is C17H13NO. The van der Waals surface area contributed by atoms with Gasteiger partial charge >= 0.3 is 0 Å². The smallest absolute Gasteiger partial charge is 0.150 e. The van der Waals surface area contributed by atoms with Gasteiger partial charge in [0.2, 0.25) is 0 Å². The molecule has 19 heavy (non-hydrogen) atoms. The highest BCUT2D eigenvalue weighted by atomic mass is 16.1. The van der Waals surface area contributed by atoms with Gasteiger partial charge < -0.3 is 0 Å². The van der Waals surface area contributed by atoms with Gasteiger partial charge in [0.15, 0.2) is 0 Å². The summed E-state index contributed by atoms with van der Waals surface area (Å²) >= 11 is 0. The molecule has 2 aromatic carbocycles. The van der Waals surface area contributed by atoms with E-state index in [4.69, 9.17) is 0 Å². The lowest BCUT2D eigenvalue weighted by Crippen LogP contribution is -1.88. The number of hydrogen-bond donors (Lipinski definition) is 0. The topological polar surface area (TPSA) is 30.0 Å². The maximum atomic E-state index is 10.7. The molecule has 0 spiro atoms. The lowest BCUT2D eigenvalue weighted by Gasteiger charge is -2.08. The molecular weight excluding hydrogens is 234 g/mol. The van der Waals surface area contributed by atoms with Crippen molar-refractivity contribution in [3.63, 3.8) is 0 Å². The van der Waals surface area contributed by atoms with E-state index in [1.165, 1.54) is 0 Å². The normalized spacial score (nSPS) is 10.6. The van der Waals surface area contributed by atoms with Crippen molar-refractivity contribution in [3.8, 4) is 11.1 Å². The number of benzene rings is 2. The Kier molecular flexibility index (Phi) is 2.84. The van der Waals surface area contributed by atoms with E-state index in [1.807, 2.05) is 49.4 Å². The zero-order valence-electron chi connectivity index (χ0n) is 10.6. The molecule has 0 saturated heterocycles. The minimum absolute atomic E-state index is 0.693. The van der Waals surface area contributed by atoms with E-state index in [2.05, 4.69) is 17.1 Å². The van der Waals surface area contributed by atoms with Gasteiger partial charge in [0.25, 0.3) is 0 Å². The Morgan fingerprint density at radius 2 is 1.74 bits per heavy atom. The number of pyridine rings is 1. The van der Waals surface area contributed by atoms with Gasteiger partial charge in [-0.25, -0.2) is 0 Å². The molecule has 0 unspecified atom stereocenters. The number of fused-ring (bicyclic) bond motifs is 1. The van der Waals surface area contributed by atoms with Crippen molar-refractivity contribution in [2.24, 2.45) is 0 Å². The molecule has 0 aliphatic carbocycles. The van der Waals surface area contributed by atoms with Gasteiger partial charge in [-0.15, -0.1) is 0 Å². The van der Waals surface area contributed by atoms with Crippen LogP contribution in [0.5, 0.6) is 0 Å². The fraction of sp³-hybridized carbons (Fsp3) is 0.0588. The predicted molar refractivity (Wildman–Crippen MR) is 77.3 cm³/mol. The number of aromatic nitrogens is 1. The summed E-state index contributed by atoms with van der Waals surface area (Å²) in [6.07, 6.45) is 0.861. The van der Waals surface area contributed by atoms with Gasteiger partial charge in [-0.05, 0) is 30.2 Å². The number of carbonyl (C=O) groups is 1. The number of aryl methyl sites for hydroxylation is 1. The molecule has 0 radical (unpaired) electrons. The number of nitrogens with zero attached hydrogens (tertiary/aromatic N) is 1. The van der Waals surface area contributed by atoms with E-state index in [1.54, 1.807) is 0 Å². The Labute approximate surface area is 111 Å². The van der Waals surface area contributed by atoms with Gasteiger partial charge in [-0.3, -0.25) is 9.78 Å². The van der Waals surface area contributed by atoms with Gasteiger partial charge in [0.05, 0.1) is 5.52 Å². The third-order valence-corrected chi connectivity index (χ3v) is 3.20. The van der Waals surface area contributed by atoms with Crippen molar-refractivity contribution in [1.29, 1.82) is 0 Å². The summed E-state index contributed by atoms with van der Waals surface area (Å²) in [6.45, 7) is 2.00. The second-order valence-electron chi connectivity index (χ2n) is 4.57. The average Bonchev–Trinajstić information content (AvgIpc) is 2.46. The molecule has 2 nitrogen and oxygen atoms in total. The first-order valence-corrected chi connectivity index (χ1v) is 6.20. The van der Waals surface area contributed by atoms with Gasteiger partial charge in [-0.2, -0.15) is 0 Å². The van der Waals surface area contributed by atoms with E-state index >= 15 is 0 Å². The number of carbonyl (C=O) groups excluding carboxylic acids is 1. The highest BCUT2D eigenvalue weighted by Gasteiger charge is 2.05. The van der Waals surface area contributed by atoms with Crippen molar-refractivity contribution in [2.75, 3.05) is 0 Å². The second-order valence-corrected chi connectivity index (χ2v) is 4.57. The van der Waals surface area contributed by atoms with E-state index < -0.39 is 0 Å². The summed E-state index contributed by atoms with van der Waals surface area (Å²) in [5.41, 5.74) is 4.94. The van der Waals surface area contributed by atoms with Crippen molar-refractivity contribution in [2.45, 2.75) is 6.92 Å². The van der Waals surface area contributed by atoms with E-state index in [0.29, 0.717) is 5.56 Å². The number of aldehydes is 1. The predicted octanol–water partition coefficient (Wildman–Crippen LogP) is 4.02. The van der Waals surface area contributed by atoms with Crippen LogP contribution in [-0.2, 0) is 0 Å². The minimum atomic E-state index is 0.693.